The molecule has 1 fully saturated rings. The molecule has 3 rings (SSSR count). The quantitative estimate of drug-likeness (QED) is 0.761. The van der Waals surface area contributed by atoms with Crippen LogP contribution in [0.25, 0.3) is 0 Å². The molecule has 148 valence electrons. The second-order valence-corrected chi connectivity index (χ2v) is 6.91. The van der Waals surface area contributed by atoms with Crippen molar-refractivity contribution in [1.82, 2.24) is 20.3 Å². The first-order valence-electron chi connectivity index (χ1n) is 9.58. The summed E-state index contributed by atoms with van der Waals surface area (Å²) in [5, 5.41) is 11.5. The van der Waals surface area contributed by atoms with Crippen LogP contribution in [0.1, 0.15) is 60.1 Å². The van der Waals surface area contributed by atoms with Gasteiger partial charge in [0, 0.05) is 32.4 Å². The normalized spacial score (nSPS) is 15.1. The smallest absolute Gasteiger partial charge is 0.269 e. The molecule has 1 N–H and O–H groups in total. The number of carbonyl (C=O) groups excluding carboxylic acids is 1. The first-order valence-corrected chi connectivity index (χ1v) is 9.58. The second kappa shape index (κ2) is 9.03. The zero-order chi connectivity index (χ0) is 19.2. The molecule has 1 amide bonds. The van der Waals surface area contributed by atoms with E-state index in [4.69, 9.17) is 14.0 Å². The van der Waals surface area contributed by atoms with E-state index in [1.807, 2.05) is 6.92 Å². The number of ether oxygens (including phenoxy) is 2. The molecule has 0 radical (unpaired) electrons. The van der Waals surface area contributed by atoms with E-state index in [2.05, 4.69) is 22.5 Å². The van der Waals surface area contributed by atoms with Gasteiger partial charge in [-0.1, -0.05) is 18.5 Å². The Morgan fingerprint density at radius 2 is 2.19 bits per heavy atom. The van der Waals surface area contributed by atoms with E-state index in [1.165, 1.54) is 0 Å². The van der Waals surface area contributed by atoms with E-state index in [0.29, 0.717) is 31.4 Å². The summed E-state index contributed by atoms with van der Waals surface area (Å²) < 4.78 is 18.0. The summed E-state index contributed by atoms with van der Waals surface area (Å²) in [6, 6.07) is 1.81. The number of hydrogen-bond donors (Lipinski definition) is 1. The van der Waals surface area contributed by atoms with Crippen LogP contribution in [0.3, 0.4) is 0 Å². The fraction of sp³-hybridized carbons (Fsp3) is 0.632. The van der Waals surface area contributed by atoms with Gasteiger partial charge in [0.05, 0.1) is 11.3 Å². The molecule has 3 heterocycles. The number of rotatable bonds is 8. The lowest BCUT2D eigenvalue weighted by Crippen LogP contribution is -2.39. The van der Waals surface area contributed by atoms with E-state index in [-0.39, 0.29) is 11.9 Å². The van der Waals surface area contributed by atoms with Crippen molar-refractivity contribution in [2.24, 2.45) is 7.05 Å². The first-order chi connectivity index (χ1) is 13.1. The number of aryl methyl sites for hydroxylation is 3. The van der Waals surface area contributed by atoms with Crippen LogP contribution in [-0.2, 0) is 24.8 Å². The highest BCUT2D eigenvalue weighted by molar-refractivity contribution is 5.93. The van der Waals surface area contributed by atoms with Gasteiger partial charge in [-0.2, -0.15) is 0 Å². The molecule has 0 spiro atoms. The van der Waals surface area contributed by atoms with Crippen LogP contribution in [0.2, 0.25) is 0 Å². The summed E-state index contributed by atoms with van der Waals surface area (Å²) in [5.74, 6) is 1.03. The largest absolute Gasteiger partial charge is 0.472 e. The molecule has 2 aromatic rings. The van der Waals surface area contributed by atoms with Crippen LogP contribution in [0.4, 0.5) is 0 Å². The zero-order valence-electron chi connectivity index (χ0n) is 16.3. The predicted octanol–water partition coefficient (Wildman–Crippen LogP) is 2.55. The number of carbonyl (C=O) groups is 1. The van der Waals surface area contributed by atoms with Crippen LogP contribution in [0.15, 0.2) is 10.6 Å². The monoisotopic (exact) mass is 376 g/mol. The van der Waals surface area contributed by atoms with E-state index < -0.39 is 0 Å². The highest BCUT2D eigenvalue weighted by Crippen LogP contribution is 2.19. The lowest BCUT2D eigenvalue weighted by molar-refractivity contribution is 0.0692. The van der Waals surface area contributed by atoms with Crippen LogP contribution >= 0.6 is 0 Å². The van der Waals surface area contributed by atoms with E-state index >= 15 is 0 Å². The highest BCUT2D eigenvalue weighted by atomic mass is 16.5. The lowest BCUT2D eigenvalue weighted by Gasteiger charge is -2.22. The third kappa shape index (κ3) is 4.88. The molecule has 0 atom stereocenters. The van der Waals surface area contributed by atoms with Crippen LogP contribution < -0.4 is 10.1 Å². The fourth-order valence-electron chi connectivity index (χ4n) is 3.13. The minimum absolute atomic E-state index is 0.142. The molecule has 0 unspecified atom stereocenters. The molecular weight excluding hydrogens is 348 g/mol. The number of unbranched alkanes of at least 4 members (excludes halogenated alkanes) is 1. The summed E-state index contributed by atoms with van der Waals surface area (Å²) in [6.45, 7) is 5.72. The van der Waals surface area contributed by atoms with Gasteiger partial charge in [-0.05, 0) is 32.6 Å². The van der Waals surface area contributed by atoms with Gasteiger partial charge in [-0.3, -0.25) is 9.48 Å². The number of amides is 1. The molecule has 1 aliphatic heterocycles. The van der Waals surface area contributed by atoms with Crippen LogP contribution in [-0.4, -0.2) is 40.1 Å². The van der Waals surface area contributed by atoms with Gasteiger partial charge in [0.25, 0.3) is 5.91 Å². The standard InChI is InChI=1S/C19H28N4O4/c1-4-5-6-16-15(13(2)27-22-16)12-26-18-11-17(23(3)21-18)19(24)20-14-7-9-25-10-8-14/h11,14H,4-10,12H2,1-3H3,(H,20,24). The van der Waals surface area contributed by atoms with Crippen LogP contribution in [0, 0.1) is 6.92 Å². The van der Waals surface area contributed by atoms with Gasteiger partial charge in [-0.25, -0.2) is 0 Å². The minimum Gasteiger partial charge on any atom is -0.472 e. The minimum atomic E-state index is -0.142. The van der Waals surface area contributed by atoms with Crippen molar-refractivity contribution in [3.63, 3.8) is 0 Å². The summed E-state index contributed by atoms with van der Waals surface area (Å²) in [5.41, 5.74) is 2.37. The van der Waals surface area contributed by atoms with Gasteiger partial charge in [0.2, 0.25) is 5.88 Å². The Morgan fingerprint density at radius 3 is 2.93 bits per heavy atom. The highest BCUT2D eigenvalue weighted by Gasteiger charge is 2.21. The molecule has 0 saturated carbocycles. The molecule has 2 aromatic heterocycles. The molecular formula is C19H28N4O4. The van der Waals surface area contributed by atoms with Crippen molar-refractivity contribution in [2.75, 3.05) is 13.2 Å². The van der Waals surface area contributed by atoms with Crippen molar-refractivity contribution >= 4 is 5.91 Å². The SMILES string of the molecule is CCCCc1noc(C)c1COc1cc(C(=O)NC2CCOCC2)n(C)n1. The predicted molar refractivity (Wildman–Crippen MR) is 98.7 cm³/mol. The molecule has 1 saturated heterocycles. The lowest BCUT2D eigenvalue weighted by atomic mass is 10.1. The Kier molecular flexibility index (Phi) is 6.49. The number of nitrogens with zero attached hydrogens (tertiary/aromatic N) is 3. The average Bonchev–Trinajstić information content (AvgIpc) is 3.21. The Balaban J connectivity index is 1.61. The Labute approximate surface area is 159 Å². The van der Waals surface area contributed by atoms with E-state index in [0.717, 1.165) is 49.1 Å². The Bertz CT molecular complexity index is 762. The molecule has 0 bridgehead atoms. The first kappa shape index (κ1) is 19.4. The van der Waals surface area contributed by atoms with Gasteiger partial charge in [0.1, 0.15) is 18.1 Å². The third-order valence-electron chi connectivity index (χ3n) is 4.84. The summed E-state index contributed by atoms with van der Waals surface area (Å²) in [7, 11) is 1.74. The summed E-state index contributed by atoms with van der Waals surface area (Å²) >= 11 is 0. The Hall–Kier alpha value is -2.35. The van der Waals surface area contributed by atoms with Gasteiger partial charge >= 0.3 is 0 Å². The molecule has 8 heteroatoms. The van der Waals surface area contributed by atoms with Crippen molar-refractivity contribution in [1.29, 1.82) is 0 Å². The zero-order valence-corrected chi connectivity index (χ0v) is 16.3. The maximum absolute atomic E-state index is 12.5. The van der Waals surface area contributed by atoms with Crippen molar-refractivity contribution in [3.05, 3.63) is 28.8 Å². The molecule has 27 heavy (non-hydrogen) atoms. The van der Waals surface area contributed by atoms with Crippen LogP contribution in [0.5, 0.6) is 5.88 Å². The van der Waals surface area contributed by atoms with Crippen molar-refractivity contribution in [3.8, 4) is 5.88 Å². The average molecular weight is 376 g/mol. The molecule has 1 aliphatic rings. The maximum Gasteiger partial charge on any atom is 0.269 e. The van der Waals surface area contributed by atoms with Crippen molar-refractivity contribution < 1.29 is 18.8 Å². The maximum atomic E-state index is 12.5. The number of aromatic nitrogens is 3. The van der Waals surface area contributed by atoms with Gasteiger partial charge < -0.3 is 19.3 Å². The summed E-state index contributed by atoms with van der Waals surface area (Å²) in [6.07, 6.45) is 4.69. The van der Waals surface area contributed by atoms with Gasteiger partial charge in [0.15, 0.2) is 0 Å². The van der Waals surface area contributed by atoms with E-state index in [1.54, 1.807) is 17.8 Å². The molecule has 8 nitrogen and oxygen atoms in total. The number of nitrogens with one attached hydrogen (secondary N) is 1. The topological polar surface area (TPSA) is 91.4 Å². The molecule has 0 aliphatic carbocycles. The van der Waals surface area contributed by atoms with Gasteiger partial charge in [-0.15, -0.1) is 5.10 Å². The Morgan fingerprint density at radius 1 is 1.41 bits per heavy atom. The second-order valence-electron chi connectivity index (χ2n) is 6.91. The summed E-state index contributed by atoms with van der Waals surface area (Å²) in [4.78, 5) is 12.5. The number of hydrogen-bond acceptors (Lipinski definition) is 6. The third-order valence-corrected chi connectivity index (χ3v) is 4.84. The fourth-order valence-corrected chi connectivity index (χ4v) is 3.13. The molecule has 0 aromatic carbocycles. The van der Waals surface area contributed by atoms with E-state index in [9.17, 15) is 4.79 Å². The van der Waals surface area contributed by atoms with Crippen molar-refractivity contribution in [2.45, 2.75) is 58.6 Å².